The smallest absolute Gasteiger partial charge is 0.337 e. The molecule has 0 saturated heterocycles. The van der Waals surface area contributed by atoms with E-state index in [0.717, 1.165) is 0 Å². The monoisotopic (exact) mass is 164 g/mol. The van der Waals surface area contributed by atoms with E-state index < -0.39 is 0 Å². The standard InChI is InChI=1S/C8H9BO3/c1-12-8(11)6-3-2-5(10)4-7(6)9/h2-4,10H,9H2,1H3. The molecule has 0 unspecified atom stereocenters. The maximum absolute atomic E-state index is 11.0. The first-order valence-corrected chi connectivity index (χ1v) is 3.53. The highest BCUT2D eigenvalue weighted by Gasteiger charge is 2.07. The first kappa shape index (κ1) is 8.65. The molecule has 1 aromatic carbocycles. The number of rotatable bonds is 1. The lowest BCUT2D eigenvalue weighted by molar-refractivity contribution is 0.0602. The topological polar surface area (TPSA) is 46.5 Å². The van der Waals surface area contributed by atoms with Gasteiger partial charge in [-0.3, -0.25) is 0 Å². The Kier molecular flexibility index (Phi) is 2.38. The number of aromatic hydroxyl groups is 1. The molecule has 0 aliphatic carbocycles. The highest BCUT2D eigenvalue weighted by Crippen LogP contribution is 2.07. The third-order valence-corrected chi connectivity index (χ3v) is 1.62. The van der Waals surface area contributed by atoms with Gasteiger partial charge in [-0.25, -0.2) is 4.79 Å². The molecule has 12 heavy (non-hydrogen) atoms. The molecular weight excluding hydrogens is 155 g/mol. The summed E-state index contributed by atoms with van der Waals surface area (Å²) in [6, 6.07) is 4.52. The van der Waals surface area contributed by atoms with Crippen molar-refractivity contribution >= 4 is 19.3 Å². The van der Waals surface area contributed by atoms with E-state index in [1.165, 1.54) is 25.3 Å². The van der Waals surface area contributed by atoms with Crippen molar-refractivity contribution in [2.75, 3.05) is 7.11 Å². The van der Waals surface area contributed by atoms with E-state index in [2.05, 4.69) is 4.74 Å². The first-order valence-electron chi connectivity index (χ1n) is 3.53. The SMILES string of the molecule is Bc1cc(O)ccc1C(=O)OC. The second-order valence-electron chi connectivity index (χ2n) is 2.49. The van der Waals surface area contributed by atoms with Crippen LogP contribution in [0, 0.1) is 0 Å². The molecule has 0 atom stereocenters. The van der Waals surface area contributed by atoms with E-state index in [9.17, 15) is 4.79 Å². The number of phenolic OH excluding ortho intramolecular Hbond substituents is 1. The van der Waals surface area contributed by atoms with Crippen molar-refractivity contribution in [2.45, 2.75) is 0 Å². The van der Waals surface area contributed by atoms with Crippen LogP contribution in [0.2, 0.25) is 0 Å². The van der Waals surface area contributed by atoms with Crippen molar-refractivity contribution in [1.82, 2.24) is 0 Å². The Hall–Kier alpha value is -1.45. The zero-order chi connectivity index (χ0) is 9.14. The van der Waals surface area contributed by atoms with E-state index in [-0.39, 0.29) is 11.7 Å². The van der Waals surface area contributed by atoms with Gasteiger partial charge in [0.15, 0.2) is 0 Å². The molecule has 0 aliphatic heterocycles. The van der Waals surface area contributed by atoms with Crippen molar-refractivity contribution in [3.63, 3.8) is 0 Å². The minimum absolute atomic E-state index is 0.153. The number of hydrogen-bond donors (Lipinski definition) is 1. The van der Waals surface area contributed by atoms with Gasteiger partial charge in [-0.1, -0.05) is 5.46 Å². The molecule has 1 rings (SSSR count). The Bertz CT molecular complexity index is 309. The van der Waals surface area contributed by atoms with Gasteiger partial charge in [-0.05, 0) is 18.2 Å². The lowest BCUT2D eigenvalue weighted by Crippen LogP contribution is -2.16. The Balaban J connectivity index is 3.09. The number of esters is 1. The molecule has 0 fully saturated rings. The molecule has 62 valence electrons. The minimum Gasteiger partial charge on any atom is -0.508 e. The second-order valence-corrected chi connectivity index (χ2v) is 2.49. The van der Waals surface area contributed by atoms with Crippen LogP contribution in [-0.4, -0.2) is 26.0 Å². The maximum Gasteiger partial charge on any atom is 0.337 e. The largest absolute Gasteiger partial charge is 0.508 e. The summed E-state index contributed by atoms with van der Waals surface area (Å²) in [5.74, 6) is -0.229. The maximum atomic E-state index is 11.0. The molecule has 0 heterocycles. The number of carbonyl (C=O) groups excluding carboxylic acids is 1. The zero-order valence-electron chi connectivity index (χ0n) is 7.00. The highest BCUT2D eigenvalue weighted by molar-refractivity contribution is 6.36. The molecule has 0 aromatic heterocycles. The Morgan fingerprint density at radius 3 is 2.75 bits per heavy atom. The normalized spacial score (nSPS) is 9.42. The van der Waals surface area contributed by atoms with Crippen LogP contribution in [0.4, 0.5) is 0 Å². The lowest BCUT2D eigenvalue weighted by Gasteiger charge is -2.03. The van der Waals surface area contributed by atoms with Gasteiger partial charge in [-0.2, -0.15) is 0 Å². The van der Waals surface area contributed by atoms with Crippen LogP contribution in [0.15, 0.2) is 18.2 Å². The summed E-state index contributed by atoms with van der Waals surface area (Å²) in [5, 5.41) is 9.04. The van der Waals surface area contributed by atoms with Crippen molar-refractivity contribution in [2.24, 2.45) is 0 Å². The molecule has 0 spiro atoms. The highest BCUT2D eigenvalue weighted by atomic mass is 16.5. The molecule has 0 bridgehead atoms. The van der Waals surface area contributed by atoms with Crippen LogP contribution in [0.5, 0.6) is 5.75 Å². The molecule has 0 saturated carbocycles. The number of methoxy groups -OCH3 is 1. The van der Waals surface area contributed by atoms with E-state index in [1.807, 2.05) is 0 Å². The minimum atomic E-state index is -0.382. The number of benzene rings is 1. The summed E-state index contributed by atoms with van der Waals surface area (Å²) in [7, 11) is 3.07. The van der Waals surface area contributed by atoms with Gasteiger partial charge in [0.2, 0.25) is 0 Å². The van der Waals surface area contributed by atoms with Crippen molar-refractivity contribution in [3.05, 3.63) is 23.8 Å². The summed E-state index contributed by atoms with van der Waals surface area (Å²) in [6.07, 6.45) is 0. The van der Waals surface area contributed by atoms with Crippen LogP contribution in [0.25, 0.3) is 0 Å². The molecule has 0 aliphatic rings. The van der Waals surface area contributed by atoms with Crippen LogP contribution in [0.1, 0.15) is 10.4 Å². The lowest BCUT2D eigenvalue weighted by atomic mass is 9.90. The third-order valence-electron chi connectivity index (χ3n) is 1.62. The van der Waals surface area contributed by atoms with E-state index in [1.54, 1.807) is 7.85 Å². The van der Waals surface area contributed by atoms with Gasteiger partial charge in [0.1, 0.15) is 13.6 Å². The Morgan fingerprint density at radius 1 is 1.58 bits per heavy atom. The van der Waals surface area contributed by atoms with Crippen LogP contribution >= 0.6 is 0 Å². The Labute approximate surface area is 71.4 Å². The Morgan fingerprint density at radius 2 is 2.25 bits per heavy atom. The zero-order valence-corrected chi connectivity index (χ0v) is 7.00. The fourth-order valence-corrected chi connectivity index (χ4v) is 0.987. The molecule has 1 aromatic rings. The quantitative estimate of drug-likeness (QED) is 0.446. The molecule has 0 radical (unpaired) electrons. The summed E-state index contributed by atoms with van der Waals surface area (Å²) in [6.45, 7) is 0. The summed E-state index contributed by atoms with van der Waals surface area (Å²) in [4.78, 5) is 11.0. The predicted molar refractivity (Wildman–Crippen MR) is 47.6 cm³/mol. The second kappa shape index (κ2) is 3.30. The third kappa shape index (κ3) is 1.58. The summed E-state index contributed by atoms with van der Waals surface area (Å²) < 4.78 is 4.54. The fourth-order valence-electron chi connectivity index (χ4n) is 0.987. The number of ether oxygens (including phenoxy) is 1. The number of hydrogen-bond acceptors (Lipinski definition) is 3. The first-order chi connectivity index (χ1) is 5.65. The van der Waals surface area contributed by atoms with Gasteiger partial charge >= 0.3 is 5.97 Å². The molecule has 1 N–H and O–H groups in total. The van der Waals surface area contributed by atoms with Crippen LogP contribution in [-0.2, 0) is 4.74 Å². The van der Waals surface area contributed by atoms with Gasteiger partial charge in [-0.15, -0.1) is 0 Å². The number of carbonyl (C=O) groups is 1. The van der Waals surface area contributed by atoms with E-state index in [4.69, 9.17) is 5.11 Å². The van der Waals surface area contributed by atoms with Gasteiger partial charge in [0, 0.05) is 0 Å². The van der Waals surface area contributed by atoms with E-state index >= 15 is 0 Å². The molecule has 4 heteroatoms. The average molecular weight is 164 g/mol. The van der Waals surface area contributed by atoms with Crippen LogP contribution in [0.3, 0.4) is 0 Å². The molecular formula is C8H9BO3. The number of phenols is 1. The summed E-state index contributed by atoms with van der Waals surface area (Å²) in [5.41, 5.74) is 1.19. The fraction of sp³-hybridized carbons (Fsp3) is 0.125. The summed E-state index contributed by atoms with van der Waals surface area (Å²) >= 11 is 0. The van der Waals surface area contributed by atoms with Crippen molar-refractivity contribution in [3.8, 4) is 5.75 Å². The van der Waals surface area contributed by atoms with Gasteiger partial charge in [0.05, 0.1) is 12.7 Å². The van der Waals surface area contributed by atoms with Crippen molar-refractivity contribution in [1.29, 1.82) is 0 Å². The van der Waals surface area contributed by atoms with E-state index in [0.29, 0.717) is 11.0 Å². The predicted octanol–water partition coefficient (Wildman–Crippen LogP) is -0.563. The van der Waals surface area contributed by atoms with Gasteiger partial charge in [0.25, 0.3) is 0 Å². The van der Waals surface area contributed by atoms with Crippen LogP contribution < -0.4 is 5.46 Å². The molecule has 0 amide bonds. The van der Waals surface area contributed by atoms with Crippen molar-refractivity contribution < 1.29 is 14.6 Å². The average Bonchev–Trinajstić information content (AvgIpc) is 2.03. The molecule has 3 nitrogen and oxygen atoms in total. The van der Waals surface area contributed by atoms with Gasteiger partial charge < -0.3 is 9.84 Å².